The van der Waals surface area contributed by atoms with Crippen molar-refractivity contribution < 1.29 is 0 Å². The molecule has 0 aliphatic heterocycles. The van der Waals surface area contributed by atoms with Gasteiger partial charge >= 0.3 is 0 Å². The van der Waals surface area contributed by atoms with E-state index in [0.717, 1.165) is 23.3 Å². The molecule has 0 atom stereocenters. The third-order valence-electron chi connectivity index (χ3n) is 2.25. The zero-order valence-electron chi connectivity index (χ0n) is 9.67. The molecule has 2 rings (SSSR count). The van der Waals surface area contributed by atoms with Crippen LogP contribution in [0.1, 0.15) is 11.3 Å². The van der Waals surface area contributed by atoms with Crippen LogP contribution in [-0.2, 0) is 13.1 Å². The second kappa shape index (κ2) is 9.34. The number of pyridine rings is 1. The third kappa shape index (κ3) is 5.83. The van der Waals surface area contributed by atoms with Crippen LogP contribution >= 0.6 is 40.7 Å². The largest absolute Gasteiger partial charge is 0.307 e. The Labute approximate surface area is 128 Å². The van der Waals surface area contributed by atoms with E-state index in [-0.39, 0.29) is 24.8 Å². The molecule has 0 aliphatic carbocycles. The van der Waals surface area contributed by atoms with Crippen molar-refractivity contribution in [3.63, 3.8) is 0 Å². The minimum Gasteiger partial charge on any atom is -0.307 e. The first-order valence-corrected chi connectivity index (χ1v) is 5.99. The molecule has 0 amide bonds. The van der Waals surface area contributed by atoms with Crippen molar-refractivity contribution in [3.8, 4) is 0 Å². The highest BCUT2D eigenvalue weighted by Crippen LogP contribution is 2.11. The van der Waals surface area contributed by atoms with Gasteiger partial charge in [0, 0.05) is 23.8 Å². The Bertz CT molecular complexity index is 452. The van der Waals surface area contributed by atoms with Crippen LogP contribution in [0.4, 0.5) is 0 Å². The number of nitrogens with one attached hydrogen (secondary N) is 1. The van der Waals surface area contributed by atoms with E-state index in [1.165, 1.54) is 5.56 Å². The maximum Gasteiger partial charge on any atom is 0.0541 e. The highest BCUT2D eigenvalue weighted by atomic mass is 79.9. The standard InChI is InChI=1S/C13H13BrN2.2ClH/c14-12-5-3-4-11(8-12)9-15-10-13-6-1-2-7-16-13;;/h1-8,15H,9-10H2;2*1H. The molecule has 0 fully saturated rings. The van der Waals surface area contributed by atoms with Gasteiger partial charge in [-0.2, -0.15) is 0 Å². The van der Waals surface area contributed by atoms with Gasteiger partial charge in [0.25, 0.3) is 0 Å². The summed E-state index contributed by atoms with van der Waals surface area (Å²) in [5.41, 5.74) is 2.34. The fourth-order valence-corrected chi connectivity index (χ4v) is 1.93. The van der Waals surface area contributed by atoms with Gasteiger partial charge in [-0.15, -0.1) is 24.8 Å². The lowest BCUT2D eigenvalue weighted by atomic mass is 10.2. The number of nitrogens with zero attached hydrogens (tertiary/aromatic N) is 1. The second-order valence-electron chi connectivity index (χ2n) is 3.55. The molecule has 0 saturated carbocycles. The topological polar surface area (TPSA) is 24.9 Å². The molecule has 1 aromatic heterocycles. The molecule has 2 nitrogen and oxygen atoms in total. The van der Waals surface area contributed by atoms with E-state index in [1.807, 2.05) is 36.5 Å². The fraction of sp³-hybridized carbons (Fsp3) is 0.154. The Morgan fingerprint density at radius 1 is 1.00 bits per heavy atom. The Morgan fingerprint density at radius 3 is 2.50 bits per heavy atom. The monoisotopic (exact) mass is 348 g/mol. The first-order chi connectivity index (χ1) is 7.84. The van der Waals surface area contributed by atoms with Crippen molar-refractivity contribution >= 4 is 40.7 Å². The van der Waals surface area contributed by atoms with Gasteiger partial charge in [0.05, 0.1) is 5.69 Å². The van der Waals surface area contributed by atoms with Crippen LogP contribution in [0.15, 0.2) is 53.1 Å². The van der Waals surface area contributed by atoms with E-state index in [1.54, 1.807) is 0 Å². The maximum absolute atomic E-state index is 4.26. The van der Waals surface area contributed by atoms with E-state index in [2.05, 4.69) is 38.4 Å². The normalized spacial score (nSPS) is 9.17. The van der Waals surface area contributed by atoms with Crippen LogP contribution in [0.5, 0.6) is 0 Å². The van der Waals surface area contributed by atoms with E-state index < -0.39 is 0 Å². The summed E-state index contributed by atoms with van der Waals surface area (Å²) in [5, 5.41) is 3.36. The second-order valence-corrected chi connectivity index (χ2v) is 4.47. The molecule has 98 valence electrons. The van der Waals surface area contributed by atoms with Gasteiger partial charge < -0.3 is 5.32 Å². The number of rotatable bonds is 4. The summed E-state index contributed by atoms with van der Waals surface area (Å²) in [6.45, 7) is 1.66. The molecule has 0 radical (unpaired) electrons. The minimum atomic E-state index is 0. The average Bonchev–Trinajstić information content (AvgIpc) is 2.30. The van der Waals surface area contributed by atoms with Crippen LogP contribution in [0.2, 0.25) is 0 Å². The molecule has 5 heteroatoms. The highest BCUT2D eigenvalue weighted by molar-refractivity contribution is 9.10. The highest BCUT2D eigenvalue weighted by Gasteiger charge is 1.95. The molecule has 2 aromatic rings. The van der Waals surface area contributed by atoms with Gasteiger partial charge in [-0.05, 0) is 29.8 Å². The number of hydrogen-bond acceptors (Lipinski definition) is 2. The summed E-state index contributed by atoms with van der Waals surface area (Å²) >= 11 is 3.46. The summed E-state index contributed by atoms with van der Waals surface area (Å²) in [7, 11) is 0. The molecule has 1 heterocycles. The molecule has 1 aromatic carbocycles. The Balaban J connectivity index is 0.00000144. The number of aromatic nitrogens is 1. The maximum atomic E-state index is 4.26. The van der Waals surface area contributed by atoms with Crippen LogP contribution in [-0.4, -0.2) is 4.98 Å². The third-order valence-corrected chi connectivity index (χ3v) is 2.74. The van der Waals surface area contributed by atoms with E-state index in [4.69, 9.17) is 0 Å². The summed E-state index contributed by atoms with van der Waals surface area (Å²) in [6, 6.07) is 14.3. The SMILES string of the molecule is Brc1cccc(CNCc2ccccn2)c1.Cl.Cl. The number of halogens is 3. The quantitative estimate of drug-likeness (QED) is 0.903. The van der Waals surface area contributed by atoms with Gasteiger partial charge in [0.1, 0.15) is 0 Å². The molecule has 1 N–H and O–H groups in total. The van der Waals surface area contributed by atoms with Crippen LogP contribution in [0, 0.1) is 0 Å². The van der Waals surface area contributed by atoms with Crippen molar-refractivity contribution in [1.29, 1.82) is 0 Å². The Hall–Kier alpha value is -0.610. The van der Waals surface area contributed by atoms with Gasteiger partial charge in [-0.1, -0.05) is 34.1 Å². The lowest BCUT2D eigenvalue weighted by Crippen LogP contribution is -2.13. The summed E-state index contributed by atoms with van der Waals surface area (Å²) in [6.07, 6.45) is 1.82. The summed E-state index contributed by atoms with van der Waals surface area (Å²) in [4.78, 5) is 4.26. The predicted molar refractivity (Wildman–Crippen MR) is 83.4 cm³/mol. The molecule has 0 unspecified atom stereocenters. The Morgan fingerprint density at radius 2 is 1.83 bits per heavy atom. The van der Waals surface area contributed by atoms with Crippen molar-refractivity contribution in [2.24, 2.45) is 0 Å². The Kier molecular flexibility index (Phi) is 9.02. The molecular formula is C13H15BrCl2N2. The average molecular weight is 350 g/mol. The van der Waals surface area contributed by atoms with Crippen molar-refractivity contribution in [2.45, 2.75) is 13.1 Å². The zero-order valence-corrected chi connectivity index (χ0v) is 12.9. The predicted octanol–water partition coefficient (Wildman–Crippen LogP) is 3.98. The van der Waals surface area contributed by atoms with Gasteiger partial charge in [-0.3, -0.25) is 4.98 Å². The van der Waals surface area contributed by atoms with E-state index >= 15 is 0 Å². The molecule has 0 bridgehead atoms. The molecule has 0 spiro atoms. The zero-order chi connectivity index (χ0) is 11.2. The van der Waals surface area contributed by atoms with Crippen molar-refractivity contribution in [2.75, 3.05) is 0 Å². The van der Waals surface area contributed by atoms with E-state index in [0.29, 0.717) is 0 Å². The summed E-state index contributed by atoms with van der Waals surface area (Å²) in [5.74, 6) is 0. The van der Waals surface area contributed by atoms with E-state index in [9.17, 15) is 0 Å². The fourth-order valence-electron chi connectivity index (χ4n) is 1.48. The smallest absolute Gasteiger partial charge is 0.0541 e. The summed E-state index contributed by atoms with van der Waals surface area (Å²) < 4.78 is 1.12. The van der Waals surface area contributed by atoms with Crippen LogP contribution in [0.3, 0.4) is 0 Å². The number of hydrogen-bond donors (Lipinski definition) is 1. The molecule has 18 heavy (non-hydrogen) atoms. The van der Waals surface area contributed by atoms with Gasteiger partial charge in [0.15, 0.2) is 0 Å². The lowest BCUT2D eigenvalue weighted by molar-refractivity contribution is 0.679. The minimum absolute atomic E-state index is 0. The van der Waals surface area contributed by atoms with Crippen LogP contribution in [0.25, 0.3) is 0 Å². The lowest BCUT2D eigenvalue weighted by Gasteiger charge is -2.04. The van der Waals surface area contributed by atoms with Crippen molar-refractivity contribution in [3.05, 3.63) is 64.4 Å². The molecule has 0 aliphatic rings. The first-order valence-electron chi connectivity index (χ1n) is 5.20. The number of benzene rings is 1. The van der Waals surface area contributed by atoms with Gasteiger partial charge in [-0.25, -0.2) is 0 Å². The van der Waals surface area contributed by atoms with Gasteiger partial charge in [0.2, 0.25) is 0 Å². The molecular weight excluding hydrogens is 335 g/mol. The molecule has 0 saturated heterocycles. The van der Waals surface area contributed by atoms with Crippen LogP contribution < -0.4 is 5.32 Å². The van der Waals surface area contributed by atoms with Crippen molar-refractivity contribution in [1.82, 2.24) is 10.3 Å². The first kappa shape index (κ1) is 17.4.